The maximum Gasteiger partial charge on any atom is 0.243 e. The Morgan fingerprint density at radius 1 is 1.03 bits per heavy atom. The van der Waals surface area contributed by atoms with Crippen LogP contribution in [0.2, 0.25) is 0 Å². The number of amides is 2. The lowest BCUT2D eigenvalue weighted by atomic mass is 9.96. The van der Waals surface area contributed by atoms with Gasteiger partial charge in [-0.1, -0.05) is 72.8 Å². The molecule has 1 saturated heterocycles. The van der Waals surface area contributed by atoms with Crippen LogP contribution >= 0.6 is 0 Å². The van der Waals surface area contributed by atoms with Gasteiger partial charge in [0, 0.05) is 31.1 Å². The summed E-state index contributed by atoms with van der Waals surface area (Å²) in [5.41, 5.74) is 16.2. The van der Waals surface area contributed by atoms with Crippen molar-refractivity contribution in [3.05, 3.63) is 101 Å². The van der Waals surface area contributed by atoms with E-state index in [1.54, 1.807) is 12.0 Å². The zero-order valence-corrected chi connectivity index (χ0v) is 21.3. The number of aryl methyl sites for hydroxylation is 1. The van der Waals surface area contributed by atoms with E-state index in [1.807, 2.05) is 78.9 Å². The molecule has 7 heteroatoms. The number of rotatable bonds is 10. The molecule has 0 radical (unpaired) electrons. The van der Waals surface area contributed by atoms with Gasteiger partial charge in [0.2, 0.25) is 11.8 Å². The van der Waals surface area contributed by atoms with Gasteiger partial charge in [-0.25, -0.2) is 0 Å². The summed E-state index contributed by atoms with van der Waals surface area (Å²) in [5, 5.41) is 3.02. The second-order valence-corrected chi connectivity index (χ2v) is 9.55. The van der Waals surface area contributed by atoms with Gasteiger partial charge in [0.25, 0.3) is 0 Å². The third-order valence-electron chi connectivity index (χ3n) is 7.10. The van der Waals surface area contributed by atoms with Gasteiger partial charge in [0.1, 0.15) is 11.8 Å². The molecular formula is C30H36N4O3. The summed E-state index contributed by atoms with van der Waals surface area (Å²) in [5.74, 6) is 0.416. The number of carbonyl (C=O) groups excluding carboxylic acids is 2. The SMILES string of the molecule is COc1cc(CNC(=O)C2CC(c3ccccc3)CN2C(=O)C(N)CCc2ccccc2)ccc1CN. The van der Waals surface area contributed by atoms with Crippen LogP contribution in [-0.4, -0.2) is 42.5 Å². The Bertz CT molecular complexity index is 1190. The molecule has 3 unspecified atom stereocenters. The molecule has 37 heavy (non-hydrogen) atoms. The molecule has 3 aromatic carbocycles. The van der Waals surface area contributed by atoms with E-state index in [-0.39, 0.29) is 17.7 Å². The van der Waals surface area contributed by atoms with Gasteiger partial charge in [0.15, 0.2) is 0 Å². The van der Waals surface area contributed by atoms with Gasteiger partial charge >= 0.3 is 0 Å². The zero-order chi connectivity index (χ0) is 26.2. The van der Waals surface area contributed by atoms with E-state index in [0.29, 0.717) is 44.6 Å². The highest BCUT2D eigenvalue weighted by molar-refractivity contribution is 5.90. The molecular weight excluding hydrogens is 464 g/mol. The van der Waals surface area contributed by atoms with Crippen molar-refractivity contribution in [2.75, 3.05) is 13.7 Å². The summed E-state index contributed by atoms with van der Waals surface area (Å²) < 4.78 is 5.42. The summed E-state index contributed by atoms with van der Waals surface area (Å²) in [6.07, 6.45) is 1.79. The molecule has 1 heterocycles. The fourth-order valence-electron chi connectivity index (χ4n) is 4.97. The summed E-state index contributed by atoms with van der Waals surface area (Å²) in [6.45, 7) is 1.17. The number of methoxy groups -OCH3 is 1. The highest BCUT2D eigenvalue weighted by Crippen LogP contribution is 2.32. The van der Waals surface area contributed by atoms with Crippen LogP contribution in [0.1, 0.15) is 41.0 Å². The van der Waals surface area contributed by atoms with Gasteiger partial charge in [0.05, 0.1) is 13.2 Å². The predicted octanol–water partition coefficient (Wildman–Crippen LogP) is 3.11. The number of hydrogen-bond donors (Lipinski definition) is 3. The quantitative estimate of drug-likeness (QED) is 0.396. The summed E-state index contributed by atoms with van der Waals surface area (Å²) in [6, 6.07) is 24.5. The Morgan fingerprint density at radius 2 is 1.73 bits per heavy atom. The van der Waals surface area contributed by atoms with Gasteiger partial charge < -0.3 is 26.4 Å². The number of nitrogens with one attached hydrogen (secondary N) is 1. The van der Waals surface area contributed by atoms with E-state index < -0.39 is 12.1 Å². The standard InChI is InChI=1S/C30H36N4O3/c1-37-28-16-22(12-14-24(28)18-31)19-33-29(35)27-17-25(23-10-6-3-7-11-23)20-34(27)30(36)26(32)15-13-21-8-4-2-5-9-21/h2-12,14,16,25-27H,13,15,17-20,31-32H2,1H3,(H,33,35). The maximum absolute atomic E-state index is 13.5. The Balaban J connectivity index is 1.46. The van der Waals surface area contributed by atoms with Crippen molar-refractivity contribution in [2.45, 2.75) is 50.4 Å². The molecule has 1 aliphatic rings. The number of nitrogens with two attached hydrogens (primary N) is 2. The Labute approximate surface area is 218 Å². The average Bonchev–Trinajstić information content (AvgIpc) is 3.40. The molecule has 1 fully saturated rings. The van der Waals surface area contributed by atoms with E-state index >= 15 is 0 Å². The highest BCUT2D eigenvalue weighted by atomic mass is 16.5. The monoisotopic (exact) mass is 500 g/mol. The summed E-state index contributed by atoms with van der Waals surface area (Å²) in [7, 11) is 1.60. The second-order valence-electron chi connectivity index (χ2n) is 9.55. The van der Waals surface area contributed by atoms with Gasteiger partial charge in [-0.2, -0.15) is 0 Å². The third-order valence-corrected chi connectivity index (χ3v) is 7.10. The van der Waals surface area contributed by atoms with Crippen LogP contribution in [0.15, 0.2) is 78.9 Å². The second kappa shape index (κ2) is 12.5. The molecule has 4 rings (SSSR count). The zero-order valence-electron chi connectivity index (χ0n) is 21.3. The van der Waals surface area contributed by atoms with Crippen molar-refractivity contribution in [1.29, 1.82) is 0 Å². The van der Waals surface area contributed by atoms with E-state index in [4.69, 9.17) is 16.2 Å². The Kier molecular flexibility index (Phi) is 8.93. The summed E-state index contributed by atoms with van der Waals surface area (Å²) in [4.78, 5) is 28.6. The molecule has 0 saturated carbocycles. The van der Waals surface area contributed by atoms with E-state index in [9.17, 15) is 9.59 Å². The van der Waals surface area contributed by atoms with Crippen molar-refractivity contribution < 1.29 is 14.3 Å². The molecule has 194 valence electrons. The lowest BCUT2D eigenvalue weighted by Gasteiger charge is -2.27. The smallest absolute Gasteiger partial charge is 0.243 e. The van der Waals surface area contributed by atoms with Crippen molar-refractivity contribution in [2.24, 2.45) is 11.5 Å². The molecule has 0 aromatic heterocycles. The fraction of sp³-hybridized carbons (Fsp3) is 0.333. The molecule has 0 spiro atoms. The molecule has 0 aliphatic carbocycles. The third kappa shape index (κ3) is 6.56. The van der Waals surface area contributed by atoms with Crippen LogP contribution in [0, 0.1) is 0 Å². The normalized spacial score (nSPS) is 17.9. The number of benzene rings is 3. The largest absolute Gasteiger partial charge is 0.496 e. The molecule has 1 aliphatic heterocycles. The number of nitrogens with zero attached hydrogens (tertiary/aromatic N) is 1. The minimum absolute atomic E-state index is 0.0751. The van der Waals surface area contributed by atoms with Crippen LogP contribution in [0.4, 0.5) is 0 Å². The number of carbonyl (C=O) groups is 2. The number of hydrogen-bond acceptors (Lipinski definition) is 5. The first kappa shape index (κ1) is 26.4. The molecule has 2 amide bonds. The lowest BCUT2D eigenvalue weighted by Crippen LogP contribution is -2.51. The van der Waals surface area contributed by atoms with E-state index in [0.717, 1.165) is 22.3 Å². The van der Waals surface area contributed by atoms with Crippen LogP contribution in [-0.2, 0) is 29.1 Å². The number of likely N-dealkylation sites (tertiary alicyclic amines) is 1. The topological polar surface area (TPSA) is 111 Å². The van der Waals surface area contributed by atoms with Crippen molar-refractivity contribution in [1.82, 2.24) is 10.2 Å². The maximum atomic E-state index is 13.5. The van der Waals surface area contributed by atoms with E-state index in [2.05, 4.69) is 5.32 Å². The highest BCUT2D eigenvalue weighted by Gasteiger charge is 2.41. The van der Waals surface area contributed by atoms with Crippen LogP contribution in [0.25, 0.3) is 0 Å². The van der Waals surface area contributed by atoms with Gasteiger partial charge in [-0.05, 0) is 42.0 Å². The van der Waals surface area contributed by atoms with Crippen LogP contribution in [0.3, 0.4) is 0 Å². The van der Waals surface area contributed by atoms with Crippen LogP contribution < -0.4 is 21.5 Å². The first-order chi connectivity index (χ1) is 18.0. The molecule has 7 nitrogen and oxygen atoms in total. The van der Waals surface area contributed by atoms with Crippen LogP contribution in [0.5, 0.6) is 5.75 Å². The van der Waals surface area contributed by atoms with Crippen molar-refractivity contribution >= 4 is 11.8 Å². The lowest BCUT2D eigenvalue weighted by molar-refractivity contribution is -0.139. The molecule has 0 bridgehead atoms. The van der Waals surface area contributed by atoms with Crippen molar-refractivity contribution in [3.63, 3.8) is 0 Å². The predicted molar refractivity (Wildman–Crippen MR) is 145 cm³/mol. The van der Waals surface area contributed by atoms with E-state index in [1.165, 1.54) is 0 Å². The fourth-order valence-corrected chi connectivity index (χ4v) is 4.97. The molecule has 3 atom stereocenters. The molecule has 5 N–H and O–H groups in total. The minimum atomic E-state index is -0.668. The van der Waals surface area contributed by atoms with Gasteiger partial charge in [-0.3, -0.25) is 9.59 Å². The summed E-state index contributed by atoms with van der Waals surface area (Å²) >= 11 is 0. The first-order valence-electron chi connectivity index (χ1n) is 12.8. The molecule has 3 aromatic rings. The van der Waals surface area contributed by atoms with Crippen molar-refractivity contribution in [3.8, 4) is 5.75 Å². The number of ether oxygens (including phenoxy) is 1. The Morgan fingerprint density at radius 3 is 2.41 bits per heavy atom. The Hall–Kier alpha value is -3.68. The first-order valence-corrected chi connectivity index (χ1v) is 12.8. The average molecular weight is 501 g/mol. The van der Waals surface area contributed by atoms with Gasteiger partial charge in [-0.15, -0.1) is 0 Å². The minimum Gasteiger partial charge on any atom is -0.496 e.